The fourth-order valence-corrected chi connectivity index (χ4v) is 2.01. The molecule has 6 N–H and O–H groups in total. The Kier molecular flexibility index (Phi) is 5.85. The van der Waals surface area contributed by atoms with Crippen LogP contribution in [0.15, 0.2) is 30.5 Å². The number of aliphatic hydroxyl groups is 1. The Morgan fingerprint density at radius 1 is 1.32 bits per heavy atom. The minimum Gasteiger partial charge on any atom is -0.392 e. The standard InChI is InChI=1S/C16H20N6O3/c1-9(23)7-18-15-13(14(17)25)8-19-16(22-15)21-12-5-3-4-11(6-12)20-10(2)24/h3-6,8-9,23H,7H2,1-2H3,(H2,17,25)(H,20,24)(H2,18,19,21,22). The van der Waals surface area contributed by atoms with Crippen LogP contribution in [0.3, 0.4) is 0 Å². The maximum atomic E-state index is 11.5. The second-order valence-electron chi connectivity index (χ2n) is 5.44. The predicted octanol–water partition coefficient (Wildman–Crippen LogP) is 1.07. The third-order valence-electron chi connectivity index (χ3n) is 3.06. The monoisotopic (exact) mass is 344 g/mol. The van der Waals surface area contributed by atoms with Crippen molar-refractivity contribution >= 4 is 35.0 Å². The molecular weight excluding hydrogens is 324 g/mol. The molecule has 1 aromatic carbocycles. The summed E-state index contributed by atoms with van der Waals surface area (Å²) in [5.41, 5.74) is 6.71. The molecule has 25 heavy (non-hydrogen) atoms. The summed E-state index contributed by atoms with van der Waals surface area (Å²) in [6.45, 7) is 3.23. The minimum atomic E-state index is -0.674. The van der Waals surface area contributed by atoms with Crippen LogP contribution in [0.25, 0.3) is 0 Å². The zero-order valence-corrected chi connectivity index (χ0v) is 13.9. The van der Waals surface area contributed by atoms with Gasteiger partial charge in [0.2, 0.25) is 11.9 Å². The van der Waals surface area contributed by atoms with Gasteiger partial charge in [0, 0.05) is 31.0 Å². The quantitative estimate of drug-likeness (QED) is 0.505. The molecule has 9 heteroatoms. The van der Waals surface area contributed by atoms with Crippen LogP contribution in [0.2, 0.25) is 0 Å². The van der Waals surface area contributed by atoms with E-state index in [4.69, 9.17) is 5.73 Å². The maximum absolute atomic E-state index is 11.5. The van der Waals surface area contributed by atoms with Crippen LogP contribution < -0.4 is 21.7 Å². The summed E-state index contributed by atoms with van der Waals surface area (Å²) in [6, 6.07) is 7.01. The Morgan fingerprint density at radius 3 is 2.68 bits per heavy atom. The third kappa shape index (κ3) is 5.43. The van der Waals surface area contributed by atoms with Gasteiger partial charge < -0.3 is 26.8 Å². The lowest BCUT2D eigenvalue weighted by atomic mass is 10.2. The van der Waals surface area contributed by atoms with E-state index < -0.39 is 12.0 Å². The van der Waals surface area contributed by atoms with Crippen LogP contribution in [0, 0.1) is 0 Å². The van der Waals surface area contributed by atoms with Crippen molar-refractivity contribution in [3.63, 3.8) is 0 Å². The smallest absolute Gasteiger partial charge is 0.254 e. The molecule has 0 aliphatic carbocycles. The topological polar surface area (TPSA) is 142 Å². The fourth-order valence-electron chi connectivity index (χ4n) is 2.01. The SMILES string of the molecule is CC(=O)Nc1cccc(Nc2ncc(C(N)=O)c(NCC(C)O)n2)c1. The number of amides is 2. The first-order valence-corrected chi connectivity index (χ1v) is 7.58. The summed E-state index contributed by atoms with van der Waals surface area (Å²) in [4.78, 5) is 30.9. The number of hydrogen-bond acceptors (Lipinski definition) is 7. The number of aromatic nitrogens is 2. The van der Waals surface area contributed by atoms with Crippen LogP contribution in [0.4, 0.5) is 23.1 Å². The van der Waals surface area contributed by atoms with Crippen molar-refractivity contribution in [2.75, 3.05) is 22.5 Å². The molecule has 0 aliphatic rings. The zero-order valence-electron chi connectivity index (χ0n) is 13.9. The van der Waals surface area contributed by atoms with Gasteiger partial charge in [-0.1, -0.05) is 6.07 Å². The molecule has 2 amide bonds. The van der Waals surface area contributed by atoms with Crippen LogP contribution in [0.5, 0.6) is 0 Å². The van der Waals surface area contributed by atoms with Crippen molar-refractivity contribution in [1.82, 2.24) is 9.97 Å². The number of nitrogens with zero attached hydrogens (tertiary/aromatic N) is 2. The molecule has 2 rings (SSSR count). The molecule has 0 aliphatic heterocycles. The van der Waals surface area contributed by atoms with E-state index in [-0.39, 0.29) is 29.8 Å². The molecule has 0 fully saturated rings. The highest BCUT2D eigenvalue weighted by Gasteiger charge is 2.13. The average molecular weight is 344 g/mol. The molecule has 1 heterocycles. The minimum absolute atomic E-state index is 0.123. The molecule has 0 saturated carbocycles. The van der Waals surface area contributed by atoms with Gasteiger partial charge in [-0.25, -0.2) is 4.98 Å². The zero-order chi connectivity index (χ0) is 18.4. The van der Waals surface area contributed by atoms with E-state index in [1.807, 2.05) is 0 Å². The molecule has 1 unspecified atom stereocenters. The number of nitrogens with two attached hydrogens (primary N) is 1. The Hall–Kier alpha value is -3.20. The highest BCUT2D eigenvalue weighted by Crippen LogP contribution is 2.20. The lowest BCUT2D eigenvalue weighted by Gasteiger charge is -2.13. The molecule has 2 aromatic rings. The molecule has 0 saturated heterocycles. The summed E-state index contributed by atoms with van der Waals surface area (Å²) in [6.07, 6.45) is 0.682. The lowest BCUT2D eigenvalue weighted by molar-refractivity contribution is -0.114. The average Bonchev–Trinajstić information content (AvgIpc) is 2.52. The van der Waals surface area contributed by atoms with Crippen molar-refractivity contribution in [3.05, 3.63) is 36.0 Å². The van der Waals surface area contributed by atoms with E-state index in [1.165, 1.54) is 13.1 Å². The van der Waals surface area contributed by atoms with Crippen LogP contribution >= 0.6 is 0 Å². The summed E-state index contributed by atoms with van der Waals surface area (Å²) in [7, 11) is 0. The number of hydrogen-bond donors (Lipinski definition) is 5. The number of aliphatic hydroxyl groups excluding tert-OH is 1. The fraction of sp³-hybridized carbons (Fsp3) is 0.250. The molecule has 0 bridgehead atoms. The van der Waals surface area contributed by atoms with E-state index in [2.05, 4.69) is 25.9 Å². The van der Waals surface area contributed by atoms with Gasteiger partial charge in [-0.05, 0) is 25.1 Å². The molecule has 132 valence electrons. The first-order valence-electron chi connectivity index (χ1n) is 7.58. The van der Waals surface area contributed by atoms with Crippen molar-refractivity contribution < 1.29 is 14.7 Å². The van der Waals surface area contributed by atoms with Gasteiger partial charge in [-0.2, -0.15) is 4.98 Å². The van der Waals surface area contributed by atoms with Crippen LogP contribution in [-0.2, 0) is 4.79 Å². The largest absolute Gasteiger partial charge is 0.392 e. The van der Waals surface area contributed by atoms with Crippen molar-refractivity contribution in [2.45, 2.75) is 20.0 Å². The third-order valence-corrected chi connectivity index (χ3v) is 3.06. The van der Waals surface area contributed by atoms with E-state index in [9.17, 15) is 14.7 Å². The van der Waals surface area contributed by atoms with E-state index in [0.717, 1.165) is 0 Å². The molecule has 0 radical (unpaired) electrons. The predicted molar refractivity (Wildman–Crippen MR) is 94.7 cm³/mol. The Balaban J connectivity index is 2.23. The number of benzene rings is 1. The van der Waals surface area contributed by atoms with Gasteiger partial charge in [-0.3, -0.25) is 9.59 Å². The van der Waals surface area contributed by atoms with Gasteiger partial charge >= 0.3 is 0 Å². The molecular formula is C16H20N6O3. The number of nitrogens with one attached hydrogen (secondary N) is 3. The Bertz CT molecular complexity index is 778. The highest BCUT2D eigenvalue weighted by atomic mass is 16.3. The van der Waals surface area contributed by atoms with Crippen molar-refractivity contribution in [2.24, 2.45) is 5.73 Å². The first kappa shape index (κ1) is 18.1. The summed E-state index contributed by atoms with van der Waals surface area (Å²) in [5.74, 6) is -0.391. The highest BCUT2D eigenvalue weighted by molar-refractivity contribution is 5.97. The normalized spacial score (nSPS) is 11.5. The van der Waals surface area contributed by atoms with E-state index in [0.29, 0.717) is 11.4 Å². The van der Waals surface area contributed by atoms with Gasteiger partial charge in [0.25, 0.3) is 5.91 Å². The van der Waals surface area contributed by atoms with Gasteiger partial charge in [0.05, 0.1) is 11.7 Å². The number of carbonyl (C=O) groups is 2. The van der Waals surface area contributed by atoms with E-state index >= 15 is 0 Å². The number of rotatable bonds is 7. The summed E-state index contributed by atoms with van der Waals surface area (Å²) < 4.78 is 0. The molecule has 1 aromatic heterocycles. The van der Waals surface area contributed by atoms with Gasteiger partial charge in [0.15, 0.2) is 0 Å². The van der Waals surface area contributed by atoms with Crippen LogP contribution in [0.1, 0.15) is 24.2 Å². The van der Waals surface area contributed by atoms with E-state index in [1.54, 1.807) is 31.2 Å². The van der Waals surface area contributed by atoms with Crippen molar-refractivity contribution in [1.29, 1.82) is 0 Å². The first-order chi connectivity index (χ1) is 11.8. The molecule has 9 nitrogen and oxygen atoms in total. The van der Waals surface area contributed by atoms with Crippen LogP contribution in [-0.4, -0.2) is 39.5 Å². The molecule has 1 atom stereocenters. The lowest BCUT2D eigenvalue weighted by Crippen LogP contribution is -2.21. The number of carbonyl (C=O) groups excluding carboxylic acids is 2. The number of anilines is 4. The summed E-state index contributed by atoms with van der Waals surface area (Å²) >= 11 is 0. The summed E-state index contributed by atoms with van der Waals surface area (Å²) in [5, 5.41) is 17.9. The Labute approximate surface area is 144 Å². The second-order valence-corrected chi connectivity index (χ2v) is 5.44. The molecule has 0 spiro atoms. The van der Waals surface area contributed by atoms with Gasteiger partial charge in [-0.15, -0.1) is 0 Å². The maximum Gasteiger partial charge on any atom is 0.254 e. The van der Waals surface area contributed by atoms with Gasteiger partial charge in [0.1, 0.15) is 5.82 Å². The Morgan fingerprint density at radius 2 is 2.04 bits per heavy atom. The number of primary amides is 1. The van der Waals surface area contributed by atoms with Crippen molar-refractivity contribution in [3.8, 4) is 0 Å². The second kappa shape index (κ2) is 8.06.